The van der Waals surface area contributed by atoms with Crippen LogP contribution in [-0.4, -0.2) is 23.0 Å². The number of anilines is 2. The van der Waals surface area contributed by atoms with Gasteiger partial charge in [-0.05, 0) is 49.2 Å². The molecule has 2 aromatic carbocycles. The Kier molecular flexibility index (Phi) is 4.51. The van der Waals surface area contributed by atoms with Crippen molar-refractivity contribution >= 4 is 40.9 Å². The average molecular weight is 366 g/mol. The average Bonchev–Trinajstić information content (AvgIpc) is 3.45. The molecule has 26 heavy (non-hydrogen) atoms. The first-order valence-electron chi connectivity index (χ1n) is 8.61. The van der Waals surface area contributed by atoms with E-state index < -0.39 is 5.25 Å². The number of nitrogens with one attached hydrogen (secondary N) is 1. The monoisotopic (exact) mass is 366 g/mol. The second-order valence-electron chi connectivity index (χ2n) is 6.50. The molecule has 1 atom stereocenters. The fourth-order valence-corrected chi connectivity index (χ4v) is 3.97. The molecule has 6 heteroatoms. The van der Waals surface area contributed by atoms with Gasteiger partial charge in [-0.1, -0.05) is 18.2 Å². The highest BCUT2D eigenvalue weighted by atomic mass is 32.2. The van der Waals surface area contributed by atoms with Crippen LogP contribution in [0.15, 0.2) is 59.5 Å². The Morgan fingerprint density at radius 3 is 2.35 bits per heavy atom. The maximum absolute atomic E-state index is 12.6. The second-order valence-corrected chi connectivity index (χ2v) is 7.78. The van der Waals surface area contributed by atoms with Gasteiger partial charge in [-0.25, -0.2) is 4.90 Å². The van der Waals surface area contributed by atoms with Gasteiger partial charge in [-0.3, -0.25) is 14.4 Å². The van der Waals surface area contributed by atoms with Gasteiger partial charge in [-0.15, -0.1) is 11.8 Å². The molecule has 1 saturated heterocycles. The van der Waals surface area contributed by atoms with Crippen LogP contribution in [0.3, 0.4) is 0 Å². The topological polar surface area (TPSA) is 66.5 Å². The number of para-hydroxylation sites is 1. The lowest BCUT2D eigenvalue weighted by atomic mass is 10.3. The van der Waals surface area contributed by atoms with Gasteiger partial charge in [0.2, 0.25) is 17.7 Å². The molecular formula is C20H18N2O3S. The zero-order chi connectivity index (χ0) is 18.1. The van der Waals surface area contributed by atoms with Gasteiger partial charge in [0.1, 0.15) is 0 Å². The van der Waals surface area contributed by atoms with Crippen molar-refractivity contribution in [3.63, 3.8) is 0 Å². The van der Waals surface area contributed by atoms with Crippen LogP contribution in [0.25, 0.3) is 0 Å². The quantitative estimate of drug-likeness (QED) is 0.823. The summed E-state index contributed by atoms with van der Waals surface area (Å²) < 4.78 is 0. The first kappa shape index (κ1) is 16.8. The summed E-state index contributed by atoms with van der Waals surface area (Å²) >= 11 is 1.38. The highest BCUT2D eigenvalue weighted by molar-refractivity contribution is 8.00. The molecule has 5 nitrogen and oxygen atoms in total. The van der Waals surface area contributed by atoms with Crippen LogP contribution in [0, 0.1) is 5.92 Å². The summed E-state index contributed by atoms with van der Waals surface area (Å²) in [6.45, 7) is 0. The first-order chi connectivity index (χ1) is 12.6. The number of hydrogen-bond donors (Lipinski definition) is 1. The van der Waals surface area contributed by atoms with E-state index in [4.69, 9.17) is 0 Å². The summed E-state index contributed by atoms with van der Waals surface area (Å²) in [4.78, 5) is 38.9. The van der Waals surface area contributed by atoms with Crippen molar-refractivity contribution in [3.05, 3.63) is 54.6 Å². The van der Waals surface area contributed by atoms with Crippen LogP contribution in [0.5, 0.6) is 0 Å². The molecule has 1 N–H and O–H groups in total. The molecule has 2 fully saturated rings. The Balaban J connectivity index is 1.41. The van der Waals surface area contributed by atoms with Crippen molar-refractivity contribution in [1.29, 1.82) is 0 Å². The molecule has 1 unspecified atom stereocenters. The molecule has 0 radical (unpaired) electrons. The number of benzene rings is 2. The van der Waals surface area contributed by atoms with Gasteiger partial charge in [-0.2, -0.15) is 0 Å². The third-order valence-electron chi connectivity index (χ3n) is 4.47. The molecule has 0 aromatic heterocycles. The summed E-state index contributed by atoms with van der Waals surface area (Å²) in [6.07, 6.45) is 2.13. The summed E-state index contributed by atoms with van der Waals surface area (Å²) in [6, 6.07) is 16.4. The Bertz CT molecular complexity index is 847. The van der Waals surface area contributed by atoms with Gasteiger partial charge in [0.25, 0.3) is 0 Å². The Hall–Kier alpha value is -2.60. The fraction of sp³-hybridized carbons (Fsp3) is 0.250. The van der Waals surface area contributed by atoms with E-state index >= 15 is 0 Å². The second kappa shape index (κ2) is 6.96. The van der Waals surface area contributed by atoms with E-state index in [1.54, 1.807) is 12.1 Å². The highest BCUT2D eigenvalue weighted by Crippen LogP contribution is 2.35. The van der Waals surface area contributed by atoms with Gasteiger partial charge >= 0.3 is 0 Å². The van der Waals surface area contributed by atoms with E-state index in [9.17, 15) is 14.4 Å². The number of amides is 3. The molecule has 132 valence electrons. The molecule has 1 saturated carbocycles. The standard InChI is InChI=1S/C20H18N2O3S/c23-18-12-17(20(25)22(18)15-4-2-1-3-5-15)26-16-10-8-14(9-11-16)21-19(24)13-6-7-13/h1-5,8-11,13,17H,6-7,12H2,(H,21,24). The minimum atomic E-state index is -0.422. The van der Waals surface area contributed by atoms with Crippen LogP contribution >= 0.6 is 11.8 Å². The molecule has 3 amide bonds. The largest absolute Gasteiger partial charge is 0.326 e. The zero-order valence-electron chi connectivity index (χ0n) is 14.1. The third kappa shape index (κ3) is 3.51. The van der Waals surface area contributed by atoms with Gasteiger partial charge in [0.05, 0.1) is 10.9 Å². The number of imide groups is 1. The fourth-order valence-electron chi connectivity index (χ4n) is 2.92. The van der Waals surface area contributed by atoms with E-state index in [1.807, 2.05) is 42.5 Å². The Labute approximate surface area is 155 Å². The van der Waals surface area contributed by atoms with E-state index in [0.29, 0.717) is 5.69 Å². The summed E-state index contributed by atoms with van der Waals surface area (Å²) in [5.74, 6) is -0.125. The number of carbonyl (C=O) groups excluding carboxylic acids is 3. The van der Waals surface area contributed by atoms with E-state index in [-0.39, 0.29) is 30.1 Å². The lowest BCUT2D eigenvalue weighted by molar-refractivity contribution is -0.121. The molecule has 1 aliphatic heterocycles. The van der Waals surface area contributed by atoms with Crippen molar-refractivity contribution in [2.75, 3.05) is 10.2 Å². The lowest BCUT2D eigenvalue weighted by Crippen LogP contribution is -2.30. The zero-order valence-corrected chi connectivity index (χ0v) is 14.9. The summed E-state index contributed by atoms with van der Waals surface area (Å²) in [5, 5.41) is 2.47. The van der Waals surface area contributed by atoms with Crippen molar-refractivity contribution in [2.24, 2.45) is 5.92 Å². The maximum atomic E-state index is 12.6. The van der Waals surface area contributed by atoms with Crippen LogP contribution in [0.1, 0.15) is 19.3 Å². The molecule has 1 aliphatic carbocycles. The van der Waals surface area contributed by atoms with Gasteiger partial charge in [0.15, 0.2) is 0 Å². The van der Waals surface area contributed by atoms with Crippen LogP contribution in [0.4, 0.5) is 11.4 Å². The molecule has 2 aliphatic rings. The predicted octanol–water partition coefficient (Wildman–Crippen LogP) is 3.46. The van der Waals surface area contributed by atoms with Crippen molar-refractivity contribution < 1.29 is 14.4 Å². The van der Waals surface area contributed by atoms with Crippen LogP contribution in [-0.2, 0) is 14.4 Å². The van der Waals surface area contributed by atoms with Crippen LogP contribution < -0.4 is 10.2 Å². The normalized spacial score (nSPS) is 19.7. The molecule has 4 rings (SSSR count). The van der Waals surface area contributed by atoms with Crippen molar-refractivity contribution in [2.45, 2.75) is 29.4 Å². The van der Waals surface area contributed by atoms with E-state index in [1.165, 1.54) is 16.7 Å². The maximum Gasteiger partial charge on any atom is 0.247 e. The van der Waals surface area contributed by atoms with E-state index in [2.05, 4.69) is 5.32 Å². The number of carbonyl (C=O) groups is 3. The SMILES string of the molecule is O=C(Nc1ccc(SC2CC(=O)N(c3ccccc3)C2=O)cc1)C1CC1. The van der Waals surface area contributed by atoms with Crippen molar-refractivity contribution in [1.82, 2.24) is 0 Å². The number of rotatable bonds is 5. The van der Waals surface area contributed by atoms with Crippen LogP contribution in [0.2, 0.25) is 0 Å². The highest BCUT2D eigenvalue weighted by Gasteiger charge is 2.40. The molecule has 0 bridgehead atoms. The minimum absolute atomic E-state index is 0.0699. The smallest absolute Gasteiger partial charge is 0.247 e. The molecule has 2 aromatic rings. The van der Waals surface area contributed by atoms with Gasteiger partial charge in [0, 0.05) is 22.9 Å². The minimum Gasteiger partial charge on any atom is -0.326 e. The summed E-state index contributed by atoms with van der Waals surface area (Å²) in [5.41, 5.74) is 1.37. The molecule has 0 spiro atoms. The third-order valence-corrected chi connectivity index (χ3v) is 5.67. The van der Waals surface area contributed by atoms with Crippen molar-refractivity contribution in [3.8, 4) is 0 Å². The molecule has 1 heterocycles. The number of hydrogen-bond acceptors (Lipinski definition) is 4. The Morgan fingerprint density at radius 2 is 1.69 bits per heavy atom. The number of nitrogens with zero attached hydrogens (tertiary/aromatic N) is 1. The molecular weight excluding hydrogens is 348 g/mol. The predicted molar refractivity (Wildman–Crippen MR) is 101 cm³/mol. The lowest BCUT2D eigenvalue weighted by Gasteiger charge is -2.14. The summed E-state index contributed by atoms with van der Waals surface area (Å²) in [7, 11) is 0. The Morgan fingerprint density at radius 1 is 1.00 bits per heavy atom. The first-order valence-corrected chi connectivity index (χ1v) is 9.49. The van der Waals surface area contributed by atoms with Gasteiger partial charge < -0.3 is 5.32 Å². The number of thioether (sulfide) groups is 1. The van der Waals surface area contributed by atoms with E-state index in [0.717, 1.165) is 23.4 Å².